The lowest BCUT2D eigenvalue weighted by atomic mass is 10.1. The summed E-state index contributed by atoms with van der Waals surface area (Å²) in [5.74, 6) is -3.19. The molecule has 0 fully saturated rings. The third-order valence-corrected chi connectivity index (χ3v) is 4.68. The molecule has 160 valence electrons. The van der Waals surface area contributed by atoms with Crippen LogP contribution in [0.2, 0.25) is 0 Å². The Labute approximate surface area is 176 Å². The highest BCUT2D eigenvalue weighted by Gasteiger charge is 2.24. The van der Waals surface area contributed by atoms with Crippen molar-refractivity contribution < 1.29 is 19.8 Å². The molecule has 31 heavy (non-hydrogen) atoms. The maximum atomic E-state index is 13.0. The molecule has 0 saturated carbocycles. The van der Waals surface area contributed by atoms with Gasteiger partial charge in [0.05, 0.1) is 6.54 Å². The predicted molar refractivity (Wildman–Crippen MR) is 112 cm³/mol. The fourth-order valence-electron chi connectivity index (χ4n) is 3.12. The number of amides is 1. The van der Waals surface area contributed by atoms with Crippen molar-refractivity contribution in [3.63, 3.8) is 0 Å². The van der Waals surface area contributed by atoms with E-state index < -0.39 is 41.1 Å². The van der Waals surface area contributed by atoms with E-state index in [1.54, 1.807) is 30.3 Å². The molecule has 0 radical (unpaired) electrons. The average Bonchev–Trinajstić information content (AvgIpc) is 2.76. The maximum absolute atomic E-state index is 13.0. The number of hydrogen-bond acceptors (Lipinski definition) is 5. The number of carboxylic acid groups (broad SMARTS) is 1. The quantitative estimate of drug-likeness (QED) is 0.492. The molecule has 3 rings (SSSR count). The van der Waals surface area contributed by atoms with E-state index in [0.717, 1.165) is 14.7 Å². The lowest BCUT2D eigenvalue weighted by Crippen LogP contribution is -2.45. The molecule has 1 aromatic heterocycles. The van der Waals surface area contributed by atoms with Gasteiger partial charge in [-0.2, -0.15) is 0 Å². The van der Waals surface area contributed by atoms with Gasteiger partial charge < -0.3 is 15.5 Å². The molecule has 1 amide bonds. The number of nitrogens with zero attached hydrogens (tertiary/aromatic N) is 2. The number of rotatable bonds is 8. The molecule has 0 spiro atoms. The van der Waals surface area contributed by atoms with E-state index >= 15 is 0 Å². The molecule has 0 unspecified atom stereocenters. The summed E-state index contributed by atoms with van der Waals surface area (Å²) < 4.78 is 1.81. The third kappa shape index (κ3) is 5.08. The van der Waals surface area contributed by atoms with Crippen LogP contribution < -0.4 is 16.6 Å². The molecule has 9 nitrogen and oxygen atoms in total. The van der Waals surface area contributed by atoms with E-state index in [9.17, 15) is 24.3 Å². The summed E-state index contributed by atoms with van der Waals surface area (Å²) in [6.07, 6.45) is 0.349. The van der Waals surface area contributed by atoms with Crippen LogP contribution in [0.15, 0.2) is 70.3 Å². The Balaban J connectivity index is 2.07. The second-order valence-corrected chi connectivity index (χ2v) is 6.82. The number of carbonyl (C=O) groups excluding carboxylic acids is 1. The molecule has 1 heterocycles. The number of aliphatic carboxylic acids is 1. The Morgan fingerprint density at radius 2 is 1.45 bits per heavy atom. The van der Waals surface area contributed by atoms with Crippen LogP contribution in [0.5, 0.6) is 5.88 Å². The Morgan fingerprint density at radius 1 is 0.871 bits per heavy atom. The highest BCUT2D eigenvalue weighted by molar-refractivity contribution is 5.97. The monoisotopic (exact) mass is 423 g/mol. The molecule has 9 heteroatoms. The van der Waals surface area contributed by atoms with Gasteiger partial charge in [0.25, 0.3) is 11.5 Å². The van der Waals surface area contributed by atoms with Gasteiger partial charge in [0, 0.05) is 6.54 Å². The Kier molecular flexibility index (Phi) is 6.66. The van der Waals surface area contributed by atoms with E-state index in [0.29, 0.717) is 12.0 Å². The SMILES string of the molecule is O=C(O)CNC(=O)c1c(O)n(Cc2ccccc2)c(=O)n(CCc2ccccc2)c1=O. The molecule has 0 saturated heterocycles. The van der Waals surface area contributed by atoms with Crippen LogP contribution in [0.1, 0.15) is 21.5 Å². The second kappa shape index (κ2) is 9.57. The van der Waals surface area contributed by atoms with Gasteiger partial charge in [-0.3, -0.25) is 23.5 Å². The first-order valence-electron chi connectivity index (χ1n) is 9.53. The largest absolute Gasteiger partial charge is 0.494 e. The number of aromatic hydroxyl groups is 1. The molecule has 0 bridgehead atoms. The topological polar surface area (TPSA) is 131 Å². The van der Waals surface area contributed by atoms with Crippen LogP contribution in [0, 0.1) is 0 Å². The van der Waals surface area contributed by atoms with Crippen LogP contribution >= 0.6 is 0 Å². The summed E-state index contributed by atoms with van der Waals surface area (Å²) in [4.78, 5) is 49.2. The summed E-state index contributed by atoms with van der Waals surface area (Å²) in [5.41, 5.74) is -0.869. The van der Waals surface area contributed by atoms with Gasteiger partial charge in [0.2, 0.25) is 5.88 Å². The summed E-state index contributed by atoms with van der Waals surface area (Å²) in [6.45, 7) is -0.828. The molecule has 0 aliphatic heterocycles. The van der Waals surface area contributed by atoms with Crippen molar-refractivity contribution in [3.05, 3.63) is 98.2 Å². The van der Waals surface area contributed by atoms with Gasteiger partial charge in [-0.1, -0.05) is 60.7 Å². The molecule has 0 aliphatic rings. The van der Waals surface area contributed by atoms with Gasteiger partial charge in [-0.25, -0.2) is 4.79 Å². The zero-order valence-electron chi connectivity index (χ0n) is 16.5. The molecule has 0 atom stereocenters. The van der Waals surface area contributed by atoms with E-state index in [1.165, 1.54) is 0 Å². The van der Waals surface area contributed by atoms with Crippen LogP contribution in [0.3, 0.4) is 0 Å². The zero-order chi connectivity index (χ0) is 22.4. The molecular formula is C22H21N3O6. The van der Waals surface area contributed by atoms with Crippen molar-refractivity contribution in [2.45, 2.75) is 19.5 Å². The fourth-order valence-corrected chi connectivity index (χ4v) is 3.12. The number of carbonyl (C=O) groups is 2. The van der Waals surface area contributed by atoms with Crippen molar-refractivity contribution in [2.75, 3.05) is 6.54 Å². The third-order valence-electron chi connectivity index (χ3n) is 4.68. The zero-order valence-corrected chi connectivity index (χ0v) is 16.5. The summed E-state index contributed by atoms with van der Waals surface area (Å²) in [7, 11) is 0. The van der Waals surface area contributed by atoms with Crippen LogP contribution in [-0.2, 0) is 24.3 Å². The van der Waals surface area contributed by atoms with E-state index in [1.807, 2.05) is 30.3 Å². The van der Waals surface area contributed by atoms with Gasteiger partial charge in [0.15, 0.2) is 5.56 Å². The summed E-state index contributed by atoms with van der Waals surface area (Å²) in [5, 5.41) is 21.5. The number of carboxylic acids is 1. The van der Waals surface area contributed by atoms with Gasteiger partial charge in [0.1, 0.15) is 6.54 Å². The maximum Gasteiger partial charge on any atom is 0.334 e. The lowest BCUT2D eigenvalue weighted by molar-refractivity contribution is -0.135. The molecule has 0 aliphatic carbocycles. The second-order valence-electron chi connectivity index (χ2n) is 6.82. The standard InChI is InChI=1S/C22H21N3O6/c26-17(27)13-23-19(28)18-20(29)24(12-11-15-7-3-1-4-8-15)22(31)25(21(18)30)14-16-9-5-2-6-10-16/h1-10,30H,11-14H2,(H,23,28)(H,26,27). The highest BCUT2D eigenvalue weighted by atomic mass is 16.4. The van der Waals surface area contributed by atoms with Crippen molar-refractivity contribution in [2.24, 2.45) is 0 Å². The molecule has 3 N–H and O–H groups in total. The summed E-state index contributed by atoms with van der Waals surface area (Å²) >= 11 is 0. The highest BCUT2D eigenvalue weighted by Crippen LogP contribution is 2.13. The van der Waals surface area contributed by atoms with Crippen molar-refractivity contribution in [1.29, 1.82) is 0 Å². The van der Waals surface area contributed by atoms with Crippen molar-refractivity contribution in [3.8, 4) is 5.88 Å². The molecular weight excluding hydrogens is 402 g/mol. The van der Waals surface area contributed by atoms with Gasteiger partial charge in [-0.15, -0.1) is 0 Å². The van der Waals surface area contributed by atoms with Crippen LogP contribution in [-0.4, -0.2) is 37.8 Å². The Bertz CT molecular complexity index is 1200. The number of benzene rings is 2. The average molecular weight is 423 g/mol. The van der Waals surface area contributed by atoms with Gasteiger partial charge >= 0.3 is 11.7 Å². The van der Waals surface area contributed by atoms with Crippen LogP contribution in [0.25, 0.3) is 0 Å². The van der Waals surface area contributed by atoms with E-state index in [4.69, 9.17) is 5.11 Å². The smallest absolute Gasteiger partial charge is 0.334 e. The Morgan fingerprint density at radius 3 is 2.03 bits per heavy atom. The van der Waals surface area contributed by atoms with Crippen molar-refractivity contribution in [1.82, 2.24) is 14.5 Å². The van der Waals surface area contributed by atoms with E-state index in [-0.39, 0.29) is 13.1 Å². The first kappa shape index (κ1) is 21.6. The number of aryl methyl sites for hydroxylation is 1. The summed E-state index contributed by atoms with van der Waals surface area (Å²) in [6, 6.07) is 17.9. The van der Waals surface area contributed by atoms with E-state index in [2.05, 4.69) is 5.32 Å². The number of hydrogen-bond donors (Lipinski definition) is 3. The minimum Gasteiger partial charge on any atom is -0.494 e. The van der Waals surface area contributed by atoms with Crippen LogP contribution in [0.4, 0.5) is 0 Å². The normalized spacial score (nSPS) is 10.6. The first-order chi connectivity index (χ1) is 14.9. The van der Waals surface area contributed by atoms with Crippen molar-refractivity contribution >= 4 is 11.9 Å². The van der Waals surface area contributed by atoms with Gasteiger partial charge in [-0.05, 0) is 17.5 Å². The predicted octanol–water partition coefficient (Wildman–Crippen LogP) is 0.821. The first-order valence-corrected chi connectivity index (χ1v) is 9.53. The lowest BCUT2D eigenvalue weighted by Gasteiger charge is -2.15. The molecule has 2 aromatic carbocycles. The number of nitrogens with one attached hydrogen (secondary N) is 1. The Hall–Kier alpha value is -4.14. The minimum absolute atomic E-state index is 0.0179. The molecule has 3 aromatic rings. The minimum atomic E-state index is -1.31. The number of aromatic nitrogens is 2. The fraction of sp³-hybridized carbons (Fsp3) is 0.182.